The van der Waals surface area contributed by atoms with Crippen molar-refractivity contribution in [2.75, 3.05) is 6.54 Å². The van der Waals surface area contributed by atoms with Crippen molar-refractivity contribution in [2.24, 2.45) is 0 Å². The van der Waals surface area contributed by atoms with Gasteiger partial charge in [-0.2, -0.15) is 0 Å². The molecule has 0 fully saturated rings. The Hall–Kier alpha value is -1.33. The van der Waals surface area contributed by atoms with Crippen LogP contribution in [0.4, 0.5) is 0 Å². The molecule has 0 saturated carbocycles. The van der Waals surface area contributed by atoms with Gasteiger partial charge < -0.3 is 5.32 Å². The maximum absolute atomic E-state index is 4.35. The Morgan fingerprint density at radius 3 is 2.75 bits per heavy atom. The number of rotatable bonds is 5. The van der Waals surface area contributed by atoms with Gasteiger partial charge in [0.15, 0.2) is 0 Å². The van der Waals surface area contributed by atoms with Gasteiger partial charge in [0.25, 0.3) is 0 Å². The molecule has 0 aromatic carbocycles. The molecule has 2 aromatic rings. The third kappa shape index (κ3) is 3.61. The molecule has 0 amide bonds. The van der Waals surface area contributed by atoms with Crippen molar-refractivity contribution in [1.82, 2.24) is 19.9 Å². The summed E-state index contributed by atoms with van der Waals surface area (Å²) < 4.78 is 4.17. The molecule has 2 aromatic heterocycles. The number of nitrogens with one attached hydrogen (secondary N) is 1. The van der Waals surface area contributed by atoms with Crippen molar-refractivity contribution in [1.29, 1.82) is 0 Å². The predicted molar refractivity (Wildman–Crippen MR) is 83.0 cm³/mol. The molecule has 0 aliphatic rings. The largest absolute Gasteiger partial charge is 0.309 e. The van der Waals surface area contributed by atoms with E-state index in [4.69, 9.17) is 0 Å². The summed E-state index contributed by atoms with van der Waals surface area (Å²) in [7, 11) is 0. The van der Waals surface area contributed by atoms with Gasteiger partial charge in [0.1, 0.15) is 0 Å². The quantitative estimate of drug-likeness (QED) is 0.919. The van der Waals surface area contributed by atoms with Crippen LogP contribution in [0.25, 0.3) is 0 Å². The van der Waals surface area contributed by atoms with E-state index in [1.807, 2.05) is 12.3 Å². The second-order valence-electron chi connectivity index (χ2n) is 5.91. The number of likely N-dealkylation sites (N-methyl/N-ethyl adjacent to an activating group) is 1. The summed E-state index contributed by atoms with van der Waals surface area (Å²) in [5, 5.41) is 7.89. The Balaban J connectivity index is 2.27. The van der Waals surface area contributed by atoms with E-state index in [0.717, 1.165) is 18.7 Å². The lowest BCUT2D eigenvalue weighted by atomic mass is 9.89. The summed E-state index contributed by atoms with van der Waals surface area (Å²) in [6, 6.07) is 4.34. The van der Waals surface area contributed by atoms with Gasteiger partial charge in [-0.1, -0.05) is 38.2 Å². The smallest absolute Gasteiger partial charge is 0.0857 e. The van der Waals surface area contributed by atoms with E-state index in [-0.39, 0.29) is 11.5 Å². The fraction of sp³-hybridized carbons (Fsp3) is 0.533. The lowest BCUT2D eigenvalue weighted by molar-refractivity contribution is 0.514. The zero-order valence-electron chi connectivity index (χ0n) is 12.6. The van der Waals surface area contributed by atoms with Gasteiger partial charge >= 0.3 is 0 Å². The minimum absolute atomic E-state index is 0.0188. The third-order valence-corrected chi connectivity index (χ3v) is 3.99. The molecule has 108 valence electrons. The van der Waals surface area contributed by atoms with Crippen LogP contribution in [0.15, 0.2) is 24.5 Å². The molecule has 2 heterocycles. The van der Waals surface area contributed by atoms with Crippen LogP contribution in [-0.2, 0) is 11.8 Å². The Labute approximate surface area is 124 Å². The van der Waals surface area contributed by atoms with E-state index in [1.165, 1.54) is 22.0 Å². The van der Waals surface area contributed by atoms with E-state index in [2.05, 4.69) is 53.6 Å². The fourth-order valence-corrected chi connectivity index (χ4v) is 3.14. The molecule has 5 heteroatoms. The van der Waals surface area contributed by atoms with Gasteiger partial charge in [-0.15, -0.1) is 5.10 Å². The molecule has 0 radical (unpaired) electrons. The second-order valence-corrected chi connectivity index (χ2v) is 6.70. The van der Waals surface area contributed by atoms with Crippen molar-refractivity contribution >= 4 is 11.5 Å². The number of pyridine rings is 1. The third-order valence-electron chi connectivity index (χ3n) is 3.15. The normalized spacial score (nSPS) is 13.4. The van der Waals surface area contributed by atoms with Gasteiger partial charge in [0.05, 0.1) is 10.6 Å². The monoisotopic (exact) mass is 290 g/mol. The zero-order valence-corrected chi connectivity index (χ0v) is 13.4. The number of nitrogens with zero attached hydrogens (tertiary/aromatic N) is 3. The molecular weight excluding hydrogens is 268 g/mol. The van der Waals surface area contributed by atoms with Crippen molar-refractivity contribution in [3.8, 4) is 0 Å². The van der Waals surface area contributed by atoms with Crippen molar-refractivity contribution in [3.63, 3.8) is 0 Å². The molecule has 1 N–H and O–H groups in total. The predicted octanol–water partition coefficient (Wildman–Crippen LogP) is 3.12. The standard InChI is InChI=1S/C15H22N4S/c1-5-17-12(9-11-7-6-8-16-10-11)13-14(15(2,3)4)18-19-20-13/h6-8,10,12,17H,5,9H2,1-4H3. The Kier molecular flexibility index (Phi) is 4.83. The first kappa shape index (κ1) is 15.1. The van der Waals surface area contributed by atoms with E-state index >= 15 is 0 Å². The highest BCUT2D eigenvalue weighted by Gasteiger charge is 2.27. The molecule has 1 atom stereocenters. The van der Waals surface area contributed by atoms with Crippen LogP contribution in [0.1, 0.15) is 49.9 Å². The summed E-state index contributed by atoms with van der Waals surface area (Å²) >= 11 is 1.50. The molecule has 1 unspecified atom stereocenters. The maximum atomic E-state index is 4.35. The molecule has 0 saturated heterocycles. The first-order chi connectivity index (χ1) is 9.52. The van der Waals surface area contributed by atoms with Crippen LogP contribution in [0.5, 0.6) is 0 Å². The highest BCUT2D eigenvalue weighted by Crippen LogP contribution is 2.31. The lowest BCUT2D eigenvalue weighted by Gasteiger charge is -2.22. The zero-order chi connectivity index (χ0) is 14.6. The Bertz CT molecular complexity index is 530. The molecule has 0 bridgehead atoms. The van der Waals surface area contributed by atoms with Gasteiger partial charge in [-0.25, -0.2) is 0 Å². The first-order valence-electron chi connectivity index (χ1n) is 6.97. The van der Waals surface area contributed by atoms with E-state index in [1.54, 1.807) is 6.20 Å². The molecule has 0 aliphatic heterocycles. The van der Waals surface area contributed by atoms with Crippen LogP contribution < -0.4 is 5.32 Å². The summed E-state index contributed by atoms with van der Waals surface area (Å²) in [6.07, 6.45) is 4.64. The molecule has 0 spiro atoms. The van der Waals surface area contributed by atoms with E-state index in [9.17, 15) is 0 Å². The summed E-state index contributed by atoms with van der Waals surface area (Å²) in [6.45, 7) is 9.59. The minimum Gasteiger partial charge on any atom is -0.309 e. The van der Waals surface area contributed by atoms with E-state index in [0.29, 0.717) is 0 Å². The first-order valence-corrected chi connectivity index (χ1v) is 7.74. The van der Waals surface area contributed by atoms with E-state index < -0.39 is 0 Å². The van der Waals surface area contributed by atoms with Gasteiger partial charge in [0, 0.05) is 23.9 Å². The minimum atomic E-state index is 0.0188. The average Bonchev–Trinajstić information content (AvgIpc) is 2.88. The molecule has 2 rings (SSSR count). The lowest BCUT2D eigenvalue weighted by Crippen LogP contribution is -2.25. The van der Waals surface area contributed by atoms with Gasteiger partial charge in [0.2, 0.25) is 0 Å². The number of aromatic nitrogens is 3. The molecule has 4 nitrogen and oxygen atoms in total. The van der Waals surface area contributed by atoms with Crippen LogP contribution in [0.3, 0.4) is 0 Å². The number of hydrogen-bond acceptors (Lipinski definition) is 5. The highest BCUT2D eigenvalue weighted by atomic mass is 32.1. The Morgan fingerprint density at radius 2 is 2.15 bits per heavy atom. The van der Waals surface area contributed by atoms with Crippen LogP contribution in [-0.4, -0.2) is 21.1 Å². The molecular formula is C15H22N4S. The SMILES string of the molecule is CCNC(Cc1cccnc1)c1snnc1C(C)(C)C. The maximum Gasteiger partial charge on any atom is 0.0857 e. The highest BCUT2D eigenvalue weighted by molar-refractivity contribution is 7.05. The summed E-state index contributed by atoms with van der Waals surface area (Å²) in [5.74, 6) is 0. The van der Waals surface area contributed by atoms with Crippen LogP contribution in [0.2, 0.25) is 0 Å². The number of hydrogen-bond donors (Lipinski definition) is 1. The molecule has 0 aliphatic carbocycles. The second kappa shape index (κ2) is 6.41. The van der Waals surface area contributed by atoms with Crippen molar-refractivity contribution < 1.29 is 0 Å². The average molecular weight is 290 g/mol. The van der Waals surface area contributed by atoms with Gasteiger partial charge in [-0.3, -0.25) is 4.98 Å². The summed E-state index contributed by atoms with van der Waals surface area (Å²) in [5.41, 5.74) is 2.34. The topological polar surface area (TPSA) is 50.7 Å². The Morgan fingerprint density at radius 1 is 1.35 bits per heavy atom. The van der Waals surface area contributed by atoms with Crippen LogP contribution in [0, 0.1) is 0 Å². The van der Waals surface area contributed by atoms with Crippen molar-refractivity contribution in [3.05, 3.63) is 40.7 Å². The summed E-state index contributed by atoms with van der Waals surface area (Å²) in [4.78, 5) is 5.43. The van der Waals surface area contributed by atoms with Gasteiger partial charge in [-0.05, 0) is 36.1 Å². The van der Waals surface area contributed by atoms with Crippen molar-refractivity contribution in [2.45, 2.75) is 45.6 Å². The molecule has 20 heavy (non-hydrogen) atoms. The van der Waals surface area contributed by atoms with Crippen LogP contribution >= 0.6 is 11.5 Å². The fourth-order valence-electron chi connectivity index (χ4n) is 2.20.